The van der Waals surface area contributed by atoms with Gasteiger partial charge >= 0.3 is 5.97 Å². The van der Waals surface area contributed by atoms with Gasteiger partial charge in [0.15, 0.2) is 5.78 Å². The summed E-state index contributed by atoms with van der Waals surface area (Å²) >= 11 is 1.81. The highest BCUT2D eigenvalue weighted by atomic mass is 127. The van der Waals surface area contributed by atoms with Crippen molar-refractivity contribution in [3.05, 3.63) is 12.2 Å². The van der Waals surface area contributed by atoms with E-state index < -0.39 is 5.97 Å². The molecule has 0 amide bonds. The Balaban J connectivity index is 3.67. The van der Waals surface area contributed by atoms with Gasteiger partial charge in [-0.1, -0.05) is 0 Å². The Kier molecular flexibility index (Phi) is 5.13. The zero-order chi connectivity index (χ0) is 7.98. The van der Waals surface area contributed by atoms with E-state index >= 15 is 0 Å². The monoisotopic (exact) mass is 255 g/mol. The van der Waals surface area contributed by atoms with Gasteiger partial charge in [-0.05, 0) is 6.08 Å². The van der Waals surface area contributed by atoms with Crippen LogP contribution in [-0.4, -0.2) is 23.4 Å². The molecule has 0 aromatic heterocycles. The van der Waals surface area contributed by atoms with Crippen molar-refractivity contribution in [3.63, 3.8) is 0 Å². The molecule has 0 aromatic carbocycles. The van der Waals surface area contributed by atoms with Crippen molar-refractivity contribution in [1.82, 2.24) is 3.53 Å². The van der Waals surface area contributed by atoms with Crippen LogP contribution in [0.1, 0.15) is 0 Å². The molecule has 0 spiro atoms. The van der Waals surface area contributed by atoms with Gasteiger partial charge in [0, 0.05) is 28.9 Å². The number of aliphatic carboxylic acids is 1. The van der Waals surface area contributed by atoms with E-state index in [1.54, 1.807) is 0 Å². The van der Waals surface area contributed by atoms with E-state index in [9.17, 15) is 9.59 Å². The third-order valence-corrected chi connectivity index (χ3v) is 1.03. The van der Waals surface area contributed by atoms with E-state index in [-0.39, 0.29) is 12.3 Å². The number of carbonyl (C=O) groups excluding carboxylic acids is 1. The molecule has 2 N–H and O–H groups in total. The van der Waals surface area contributed by atoms with Crippen molar-refractivity contribution < 1.29 is 14.7 Å². The summed E-state index contributed by atoms with van der Waals surface area (Å²) in [6, 6.07) is 0. The second kappa shape index (κ2) is 5.36. The van der Waals surface area contributed by atoms with Gasteiger partial charge in [-0.15, -0.1) is 0 Å². The first kappa shape index (κ1) is 9.57. The molecule has 0 unspecified atom stereocenters. The summed E-state index contributed by atoms with van der Waals surface area (Å²) in [7, 11) is 0. The van der Waals surface area contributed by atoms with Gasteiger partial charge < -0.3 is 5.11 Å². The van der Waals surface area contributed by atoms with Gasteiger partial charge in [-0.25, -0.2) is 4.79 Å². The number of ketones is 1. The van der Waals surface area contributed by atoms with Gasteiger partial charge in [0.2, 0.25) is 0 Å². The van der Waals surface area contributed by atoms with Crippen molar-refractivity contribution in [3.8, 4) is 0 Å². The maximum atomic E-state index is 10.5. The third kappa shape index (κ3) is 5.70. The molecule has 0 aliphatic carbocycles. The Labute approximate surface area is 71.8 Å². The molecule has 0 rings (SSSR count). The molecule has 0 saturated heterocycles. The summed E-state index contributed by atoms with van der Waals surface area (Å²) in [5.41, 5.74) is 0. The summed E-state index contributed by atoms with van der Waals surface area (Å²) < 4.78 is 2.57. The Bertz CT molecular complexity index is 166. The molecule has 0 saturated carbocycles. The molecule has 0 bridgehead atoms. The van der Waals surface area contributed by atoms with E-state index in [4.69, 9.17) is 5.11 Å². The van der Waals surface area contributed by atoms with Crippen molar-refractivity contribution in [2.24, 2.45) is 0 Å². The van der Waals surface area contributed by atoms with Crippen molar-refractivity contribution >= 4 is 34.6 Å². The topological polar surface area (TPSA) is 66.4 Å². The number of nitrogens with one attached hydrogen (secondary N) is 1. The summed E-state index contributed by atoms with van der Waals surface area (Å²) in [6.07, 6.45) is 1.84. The van der Waals surface area contributed by atoms with E-state index in [0.717, 1.165) is 12.2 Å². The highest BCUT2D eigenvalue weighted by molar-refractivity contribution is 14.1. The highest BCUT2D eigenvalue weighted by Gasteiger charge is 1.93. The number of carbonyl (C=O) groups is 2. The number of carboxylic acid groups (broad SMARTS) is 1. The molecule has 5 heteroatoms. The molecule has 0 aliphatic heterocycles. The fourth-order valence-electron chi connectivity index (χ4n) is 0.289. The lowest BCUT2D eigenvalue weighted by Crippen LogP contribution is -2.11. The molecule has 10 heavy (non-hydrogen) atoms. The van der Waals surface area contributed by atoms with Crippen molar-refractivity contribution in [1.29, 1.82) is 0 Å². The molecule has 0 atom stereocenters. The van der Waals surface area contributed by atoms with Crippen LogP contribution in [0.2, 0.25) is 0 Å². The maximum absolute atomic E-state index is 10.5. The van der Waals surface area contributed by atoms with Crippen LogP contribution in [0.5, 0.6) is 0 Å². The van der Waals surface area contributed by atoms with Crippen LogP contribution < -0.4 is 3.53 Å². The van der Waals surface area contributed by atoms with Crippen LogP contribution in [0.25, 0.3) is 0 Å². The number of carboxylic acids is 1. The van der Waals surface area contributed by atoms with Gasteiger partial charge in [-0.3, -0.25) is 8.32 Å². The normalized spacial score (nSPS) is 10.1. The van der Waals surface area contributed by atoms with Crippen molar-refractivity contribution in [2.45, 2.75) is 0 Å². The standard InChI is InChI=1S/C5H6INO3/c6-7-3-4(8)1-2-5(9)10/h1-2,7H,3H2,(H,9,10)/b2-1-. The van der Waals surface area contributed by atoms with Gasteiger partial charge in [0.25, 0.3) is 0 Å². The van der Waals surface area contributed by atoms with Crippen LogP contribution in [0.3, 0.4) is 0 Å². The zero-order valence-corrected chi connectivity index (χ0v) is 7.16. The quantitative estimate of drug-likeness (QED) is 0.426. The third-order valence-electron chi connectivity index (χ3n) is 0.653. The fraction of sp³-hybridized carbons (Fsp3) is 0.200. The van der Waals surface area contributed by atoms with Crippen molar-refractivity contribution in [2.75, 3.05) is 6.54 Å². The van der Waals surface area contributed by atoms with Gasteiger partial charge in [-0.2, -0.15) is 0 Å². The van der Waals surface area contributed by atoms with Crippen LogP contribution >= 0.6 is 22.9 Å². The van der Waals surface area contributed by atoms with Gasteiger partial charge in [0.05, 0.1) is 6.54 Å². The molecule has 4 nitrogen and oxygen atoms in total. The van der Waals surface area contributed by atoms with Crippen LogP contribution in [0, 0.1) is 0 Å². The summed E-state index contributed by atoms with van der Waals surface area (Å²) in [6.45, 7) is 0.157. The van der Waals surface area contributed by atoms with Crippen LogP contribution in [0.4, 0.5) is 0 Å². The Morgan fingerprint density at radius 2 is 2.10 bits per heavy atom. The zero-order valence-electron chi connectivity index (χ0n) is 5.00. The minimum Gasteiger partial charge on any atom is -0.478 e. The average molecular weight is 255 g/mol. The summed E-state index contributed by atoms with van der Waals surface area (Å²) in [4.78, 5) is 20.4. The maximum Gasteiger partial charge on any atom is 0.328 e. The first-order valence-electron chi connectivity index (χ1n) is 2.44. The molecule has 0 heterocycles. The molecular weight excluding hydrogens is 249 g/mol. The average Bonchev–Trinajstić information content (AvgIpc) is 1.85. The largest absolute Gasteiger partial charge is 0.478 e. The lowest BCUT2D eigenvalue weighted by molar-refractivity contribution is -0.131. The minimum absolute atomic E-state index is 0.157. The molecule has 0 aromatic rings. The molecule has 0 radical (unpaired) electrons. The second-order valence-electron chi connectivity index (χ2n) is 1.45. The Morgan fingerprint density at radius 1 is 1.50 bits per heavy atom. The number of halogens is 1. The van der Waals surface area contributed by atoms with Crippen LogP contribution in [-0.2, 0) is 9.59 Å². The van der Waals surface area contributed by atoms with E-state index in [1.807, 2.05) is 22.9 Å². The lowest BCUT2D eigenvalue weighted by atomic mass is 10.3. The number of hydrogen-bond donors (Lipinski definition) is 2. The lowest BCUT2D eigenvalue weighted by Gasteiger charge is -1.87. The van der Waals surface area contributed by atoms with Crippen LogP contribution in [0.15, 0.2) is 12.2 Å². The van der Waals surface area contributed by atoms with E-state index in [1.165, 1.54) is 0 Å². The SMILES string of the molecule is O=C(O)/C=C\C(=O)CNI. The predicted molar refractivity (Wildman–Crippen MR) is 43.8 cm³/mol. The van der Waals surface area contributed by atoms with E-state index in [2.05, 4.69) is 3.53 Å². The fourth-order valence-corrected chi connectivity index (χ4v) is 0.665. The van der Waals surface area contributed by atoms with Gasteiger partial charge in [0.1, 0.15) is 0 Å². The predicted octanol–water partition coefficient (Wildman–Crippen LogP) is 0.136. The minimum atomic E-state index is -1.11. The van der Waals surface area contributed by atoms with E-state index in [0.29, 0.717) is 0 Å². The Hall–Kier alpha value is -0.430. The Morgan fingerprint density at radius 3 is 2.50 bits per heavy atom. The number of rotatable bonds is 4. The summed E-state index contributed by atoms with van der Waals surface area (Å²) in [5, 5.41) is 8.07. The smallest absolute Gasteiger partial charge is 0.328 e. The second-order valence-corrected chi connectivity index (χ2v) is 2.21. The summed E-state index contributed by atoms with van der Waals surface area (Å²) in [5.74, 6) is -1.36. The first-order valence-corrected chi connectivity index (χ1v) is 3.52. The first-order chi connectivity index (χ1) is 4.66. The molecule has 56 valence electrons. The highest BCUT2D eigenvalue weighted by Crippen LogP contribution is 1.78. The molecular formula is C5H6INO3. The molecule has 0 aliphatic rings. The number of hydrogen-bond acceptors (Lipinski definition) is 3. The molecule has 0 fully saturated rings.